The Morgan fingerprint density at radius 1 is 1.24 bits per heavy atom. The maximum atomic E-state index is 13.2. The number of aromatic amines is 1. The summed E-state index contributed by atoms with van der Waals surface area (Å²) in [7, 11) is 0. The van der Waals surface area contributed by atoms with Gasteiger partial charge in [0.05, 0.1) is 33.4 Å². The molecule has 3 heterocycles. The molecule has 13 nitrogen and oxygen atoms in total. The third-order valence-corrected chi connectivity index (χ3v) is 7.70. The summed E-state index contributed by atoms with van der Waals surface area (Å²) in [6.07, 6.45) is 1.48. The summed E-state index contributed by atoms with van der Waals surface area (Å²) in [6.45, 7) is 7.75. The Labute approximate surface area is 243 Å². The molecule has 1 fully saturated rings. The third-order valence-electron chi connectivity index (χ3n) is 6.98. The summed E-state index contributed by atoms with van der Waals surface area (Å²) < 4.78 is 0. The molecule has 0 spiro atoms. The fourth-order valence-corrected chi connectivity index (χ4v) is 5.56. The lowest BCUT2D eigenvalue weighted by Gasteiger charge is -2.36. The number of carbonyl (C=O) groups is 3. The third kappa shape index (κ3) is 5.76. The largest absolute Gasteiger partial charge is 0.480 e. The normalized spacial score (nSPS) is 16.0. The number of aliphatic carboxylic acids is 1. The summed E-state index contributed by atoms with van der Waals surface area (Å²) >= 11 is 13.1. The van der Waals surface area contributed by atoms with E-state index in [0.29, 0.717) is 29.7 Å². The lowest BCUT2D eigenvalue weighted by Crippen LogP contribution is -2.59. The van der Waals surface area contributed by atoms with Crippen molar-refractivity contribution >= 4 is 57.8 Å². The number of β-amino-alcohol motifs (C(OH)–C–C–N with tert-alkyl or cyclic N) is 1. The highest BCUT2D eigenvalue weighted by Gasteiger charge is 2.32. The predicted octanol–water partition coefficient (Wildman–Crippen LogP) is 1.71. The van der Waals surface area contributed by atoms with Crippen LogP contribution in [0.2, 0.25) is 10.0 Å². The van der Waals surface area contributed by atoms with Gasteiger partial charge in [0.1, 0.15) is 11.1 Å². The Morgan fingerprint density at radius 3 is 2.73 bits per heavy atom. The van der Waals surface area contributed by atoms with Crippen LogP contribution in [0.1, 0.15) is 31.8 Å². The van der Waals surface area contributed by atoms with E-state index in [0.717, 1.165) is 10.9 Å². The van der Waals surface area contributed by atoms with Crippen LogP contribution in [0.25, 0.3) is 15.9 Å². The summed E-state index contributed by atoms with van der Waals surface area (Å²) in [5.74, 6) is -2.19. The standard InChI is InChI=1S/C26H24Cl2N8O5/c1-29-34-26(36-11-16(37)12-36)30-9-20(25(40)41)32-23(38)21-18(27)6-15-10-35(5-4-17(15)22(21)28)24(39)13-2-3-14-8-31-33-19(14)7-13/h2-3,6-8,16,20,37H,4-5,9-12H2,(H,30,34)(H,31,33)(H,32,38)(H,40,41)/t20-/m0/s1. The topological polar surface area (TPSA) is 168 Å². The number of rotatable bonds is 6. The van der Waals surface area contributed by atoms with Crippen LogP contribution in [0.4, 0.5) is 0 Å². The van der Waals surface area contributed by atoms with Crippen molar-refractivity contribution < 1.29 is 24.6 Å². The van der Waals surface area contributed by atoms with Crippen LogP contribution in [-0.2, 0) is 17.8 Å². The molecule has 2 aliphatic rings. The molecule has 3 aromatic rings. The predicted molar refractivity (Wildman–Crippen MR) is 150 cm³/mol. The first kappa shape index (κ1) is 28.2. The molecule has 1 saturated heterocycles. The van der Waals surface area contributed by atoms with E-state index >= 15 is 0 Å². The number of nitrogens with one attached hydrogen (secondary N) is 3. The number of nitrogens with zero attached hydrogens (tertiary/aromatic N) is 5. The van der Waals surface area contributed by atoms with Crippen LogP contribution in [0, 0.1) is 6.57 Å². The molecular weight excluding hydrogens is 575 g/mol. The molecule has 2 aliphatic heterocycles. The van der Waals surface area contributed by atoms with Crippen LogP contribution in [0.3, 0.4) is 0 Å². The first-order chi connectivity index (χ1) is 19.7. The van der Waals surface area contributed by atoms with Crippen LogP contribution >= 0.6 is 23.2 Å². The molecule has 41 heavy (non-hydrogen) atoms. The van der Waals surface area contributed by atoms with Gasteiger partial charge in [-0.05, 0) is 35.7 Å². The molecule has 15 heteroatoms. The number of benzene rings is 2. The van der Waals surface area contributed by atoms with Gasteiger partial charge in [0.25, 0.3) is 17.8 Å². The molecule has 212 valence electrons. The number of fused-ring (bicyclic) bond motifs is 2. The van der Waals surface area contributed by atoms with Crippen molar-refractivity contribution in [1.82, 2.24) is 30.6 Å². The number of guanidine groups is 1. The highest BCUT2D eigenvalue weighted by Crippen LogP contribution is 2.35. The minimum absolute atomic E-state index is 0.0151. The van der Waals surface area contributed by atoms with Gasteiger partial charge in [-0.2, -0.15) is 11.7 Å². The molecule has 0 unspecified atom stereocenters. The van der Waals surface area contributed by atoms with E-state index in [4.69, 9.17) is 29.8 Å². The minimum atomic E-state index is -1.41. The molecule has 5 N–H and O–H groups in total. The molecule has 0 bridgehead atoms. The van der Waals surface area contributed by atoms with Gasteiger partial charge in [-0.25, -0.2) is 4.79 Å². The van der Waals surface area contributed by atoms with Crippen molar-refractivity contribution in [2.45, 2.75) is 25.1 Å². The lowest BCUT2D eigenvalue weighted by atomic mass is 9.96. The summed E-state index contributed by atoms with van der Waals surface area (Å²) in [4.78, 5) is 44.5. The average molecular weight is 599 g/mol. The van der Waals surface area contributed by atoms with E-state index in [2.05, 4.69) is 30.9 Å². The highest BCUT2D eigenvalue weighted by atomic mass is 35.5. The molecule has 2 aromatic carbocycles. The van der Waals surface area contributed by atoms with Crippen LogP contribution in [-0.4, -0.2) is 92.3 Å². The summed E-state index contributed by atoms with van der Waals surface area (Å²) in [6, 6.07) is 5.45. The number of carboxylic acid groups (broad SMARTS) is 1. The number of carboxylic acids is 1. The maximum absolute atomic E-state index is 13.2. The lowest BCUT2D eigenvalue weighted by molar-refractivity contribution is -0.139. The second-order valence-electron chi connectivity index (χ2n) is 9.66. The highest BCUT2D eigenvalue weighted by molar-refractivity contribution is 6.40. The molecule has 2 amide bonds. The van der Waals surface area contributed by atoms with E-state index in [-0.39, 0.29) is 53.7 Å². The number of amides is 2. The van der Waals surface area contributed by atoms with Gasteiger partial charge in [-0.3, -0.25) is 14.7 Å². The minimum Gasteiger partial charge on any atom is -0.480 e. The number of carbonyl (C=O) groups excluding carboxylic acids is 2. The van der Waals surface area contributed by atoms with E-state index in [1.807, 2.05) is 6.07 Å². The molecule has 0 radical (unpaired) electrons. The van der Waals surface area contributed by atoms with Gasteiger partial charge in [-0.15, -0.1) is 4.95 Å². The van der Waals surface area contributed by atoms with Crippen molar-refractivity contribution in [2.75, 3.05) is 26.2 Å². The fraction of sp³-hybridized carbons (Fsp3) is 0.308. The van der Waals surface area contributed by atoms with Gasteiger partial charge in [0.15, 0.2) is 0 Å². The first-order valence-corrected chi connectivity index (χ1v) is 13.3. The number of aliphatic hydroxyl groups is 1. The number of halogens is 2. The average Bonchev–Trinajstić information content (AvgIpc) is 3.40. The molecule has 0 saturated carbocycles. The van der Waals surface area contributed by atoms with Gasteiger partial charge in [0.2, 0.25) is 0 Å². The Kier molecular flexibility index (Phi) is 7.98. The zero-order valence-electron chi connectivity index (χ0n) is 21.4. The van der Waals surface area contributed by atoms with Gasteiger partial charge in [0, 0.05) is 43.7 Å². The van der Waals surface area contributed by atoms with Gasteiger partial charge >= 0.3 is 5.97 Å². The van der Waals surface area contributed by atoms with E-state index < -0.39 is 24.0 Å². The molecule has 1 aromatic heterocycles. The number of hydrogen-bond donors (Lipinski definition) is 5. The van der Waals surface area contributed by atoms with Gasteiger partial charge < -0.3 is 30.6 Å². The number of aliphatic hydroxyl groups excluding tert-OH is 1. The number of likely N-dealkylation sites (tertiary alicyclic amines) is 1. The second-order valence-corrected chi connectivity index (χ2v) is 10.4. The number of aromatic nitrogens is 2. The summed E-state index contributed by atoms with van der Waals surface area (Å²) in [5, 5.41) is 35.8. The van der Waals surface area contributed by atoms with Crippen molar-refractivity contribution in [1.29, 1.82) is 0 Å². The van der Waals surface area contributed by atoms with E-state index in [1.165, 1.54) is 0 Å². The van der Waals surface area contributed by atoms with Crippen molar-refractivity contribution in [2.24, 2.45) is 5.10 Å². The van der Waals surface area contributed by atoms with Gasteiger partial charge in [-0.1, -0.05) is 29.3 Å². The zero-order chi connectivity index (χ0) is 29.3. The number of H-pyrrole nitrogens is 1. The quantitative estimate of drug-likeness (QED) is 0.124. The molecule has 5 rings (SSSR count). The fourth-order valence-electron chi connectivity index (χ4n) is 4.80. The van der Waals surface area contributed by atoms with Crippen LogP contribution in [0.15, 0.2) is 35.6 Å². The SMILES string of the molecule is [C-]#[N+]/N=C(\NC[C@H](NC(=O)c1c(Cl)cc2c(c1Cl)CCN(C(=O)c1ccc3cn[nH]c3c1)C2)C(=O)O)N1CC(O)C1. The van der Waals surface area contributed by atoms with Crippen LogP contribution in [0.5, 0.6) is 0 Å². The molecular formula is C26H24Cl2N8O5. The van der Waals surface area contributed by atoms with Crippen molar-refractivity contribution in [3.8, 4) is 0 Å². The monoisotopic (exact) mass is 598 g/mol. The maximum Gasteiger partial charge on any atom is 0.328 e. The Bertz CT molecular complexity index is 1610. The van der Waals surface area contributed by atoms with E-state index in [9.17, 15) is 24.6 Å². The number of hydrogen-bond acceptors (Lipinski definition) is 6. The van der Waals surface area contributed by atoms with Crippen LogP contribution < -0.4 is 10.6 Å². The van der Waals surface area contributed by atoms with Crippen molar-refractivity contribution in [3.63, 3.8) is 0 Å². The molecule has 0 aliphatic carbocycles. The Hall–Kier alpha value is -4.38. The summed E-state index contributed by atoms with van der Waals surface area (Å²) in [5.41, 5.74) is 2.53. The first-order valence-electron chi connectivity index (χ1n) is 12.5. The second kappa shape index (κ2) is 11.6. The molecule has 1 atom stereocenters. The smallest absolute Gasteiger partial charge is 0.328 e. The Morgan fingerprint density at radius 2 is 2.02 bits per heavy atom. The van der Waals surface area contributed by atoms with E-state index in [1.54, 1.807) is 34.2 Å². The van der Waals surface area contributed by atoms with Crippen molar-refractivity contribution in [3.05, 3.63) is 74.3 Å². The zero-order valence-corrected chi connectivity index (χ0v) is 22.9. The Balaban J connectivity index is 1.29.